The number of para-hydroxylation sites is 1. The lowest BCUT2D eigenvalue weighted by molar-refractivity contribution is 0.0684. The third kappa shape index (κ3) is 3.45. The van der Waals surface area contributed by atoms with Crippen molar-refractivity contribution in [2.45, 2.75) is 25.9 Å². The molecule has 1 aliphatic heterocycles. The number of aliphatic hydroxyl groups excluding tert-OH is 1. The average molecular weight is 267 g/mol. The minimum atomic E-state index is -0.664. The minimum Gasteiger partial charge on any atom is -0.389 e. The molecule has 3 nitrogen and oxygen atoms in total. The Balaban J connectivity index is 2.15. The van der Waals surface area contributed by atoms with Crippen LogP contribution in [0.2, 0.25) is 0 Å². The zero-order valence-electron chi connectivity index (χ0n) is 11.6. The van der Waals surface area contributed by atoms with E-state index in [1.54, 1.807) is 19.1 Å². The highest BCUT2D eigenvalue weighted by Gasteiger charge is 2.20. The van der Waals surface area contributed by atoms with Crippen molar-refractivity contribution < 1.29 is 14.2 Å². The predicted molar refractivity (Wildman–Crippen MR) is 73.8 cm³/mol. The van der Waals surface area contributed by atoms with Crippen molar-refractivity contribution in [3.63, 3.8) is 0 Å². The van der Waals surface area contributed by atoms with Gasteiger partial charge in [-0.1, -0.05) is 12.1 Å². The molecule has 0 bridgehead atoms. The monoisotopic (exact) mass is 267 g/mol. The number of hydrogen-bond donors (Lipinski definition) is 1. The van der Waals surface area contributed by atoms with Crippen molar-refractivity contribution in [2.75, 3.05) is 31.7 Å². The molecule has 1 N–H and O–H groups in total. The van der Waals surface area contributed by atoms with E-state index in [0.717, 1.165) is 32.6 Å². The van der Waals surface area contributed by atoms with Crippen molar-refractivity contribution in [3.8, 4) is 0 Å². The summed E-state index contributed by atoms with van der Waals surface area (Å²) in [6, 6.07) is 4.87. The van der Waals surface area contributed by atoms with Gasteiger partial charge in [0.05, 0.1) is 11.8 Å². The molecule has 1 aromatic carbocycles. The molecular formula is C15H22FNO2. The lowest BCUT2D eigenvalue weighted by Gasteiger charge is -2.30. The van der Waals surface area contributed by atoms with Crippen molar-refractivity contribution >= 4 is 5.69 Å². The van der Waals surface area contributed by atoms with E-state index in [1.165, 1.54) is 6.07 Å². The quantitative estimate of drug-likeness (QED) is 0.910. The van der Waals surface area contributed by atoms with Crippen LogP contribution in [0.5, 0.6) is 0 Å². The van der Waals surface area contributed by atoms with Crippen LogP contribution in [0.1, 0.15) is 31.4 Å². The highest BCUT2D eigenvalue weighted by atomic mass is 19.1. The molecule has 0 radical (unpaired) electrons. The molecule has 0 amide bonds. The van der Waals surface area contributed by atoms with E-state index in [2.05, 4.69) is 0 Å². The van der Waals surface area contributed by atoms with Gasteiger partial charge in [0.25, 0.3) is 0 Å². The number of nitrogens with zero attached hydrogens (tertiary/aromatic N) is 1. The van der Waals surface area contributed by atoms with Gasteiger partial charge in [0.1, 0.15) is 5.82 Å². The maximum Gasteiger partial charge on any atom is 0.146 e. The molecule has 106 valence electrons. The molecule has 0 saturated carbocycles. The maximum absolute atomic E-state index is 14.0. The summed E-state index contributed by atoms with van der Waals surface area (Å²) in [6.45, 7) is 4.04. The Bertz CT molecular complexity index is 417. The number of rotatable bonds is 4. The van der Waals surface area contributed by atoms with Crippen molar-refractivity contribution in [3.05, 3.63) is 29.6 Å². The second-order valence-electron chi connectivity index (χ2n) is 5.29. The standard InChI is InChI=1S/C15H22FNO2/c1-11(18)13-4-3-5-14(16)15(13)17(2)10-12-6-8-19-9-7-12/h3-5,11-12,18H,6-10H2,1-2H3/t11-/m1/s1. The van der Waals surface area contributed by atoms with E-state index in [-0.39, 0.29) is 5.82 Å². The molecule has 0 aliphatic carbocycles. The summed E-state index contributed by atoms with van der Waals surface area (Å²) >= 11 is 0. The fourth-order valence-corrected chi connectivity index (χ4v) is 2.68. The lowest BCUT2D eigenvalue weighted by Crippen LogP contribution is -2.30. The third-order valence-corrected chi connectivity index (χ3v) is 3.72. The topological polar surface area (TPSA) is 32.7 Å². The number of halogens is 1. The van der Waals surface area contributed by atoms with Crippen molar-refractivity contribution in [1.82, 2.24) is 0 Å². The van der Waals surface area contributed by atoms with Crippen LogP contribution in [0.25, 0.3) is 0 Å². The molecule has 19 heavy (non-hydrogen) atoms. The van der Waals surface area contributed by atoms with Crippen LogP contribution in [0.4, 0.5) is 10.1 Å². The summed E-state index contributed by atoms with van der Waals surface area (Å²) in [4.78, 5) is 1.92. The number of ether oxygens (including phenoxy) is 1. The highest BCUT2D eigenvalue weighted by molar-refractivity contribution is 5.55. The summed E-state index contributed by atoms with van der Waals surface area (Å²) in [5, 5.41) is 9.77. The first-order valence-electron chi connectivity index (χ1n) is 6.85. The highest BCUT2D eigenvalue weighted by Crippen LogP contribution is 2.30. The molecule has 1 saturated heterocycles. The van der Waals surface area contributed by atoms with Crippen molar-refractivity contribution in [2.24, 2.45) is 5.92 Å². The van der Waals surface area contributed by atoms with Gasteiger partial charge in [0.2, 0.25) is 0 Å². The normalized spacial score (nSPS) is 18.3. The Kier molecular flexibility index (Phi) is 4.77. The number of aliphatic hydroxyl groups is 1. The van der Waals surface area contributed by atoms with Gasteiger partial charge >= 0.3 is 0 Å². The van der Waals surface area contributed by atoms with Crippen LogP contribution < -0.4 is 4.90 Å². The van der Waals surface area contributed by atoms with Gasteiger partial charge in [-0.2, -0.15) is 0 Å². The molecule has 1 atom stereocenters. The molecule has 1 fully saturated rings. The zero-order valence-corrected chi connectivity index (χ0v) is 11.6. The van der Waals surface area contributed by atoms with Gasteiger partial charge in [0, 0.05) is 32.4 Å². The fraction of sp³-hybridized carbons (Fsp3) is 0.600. The summed E-state index contributed by atoms with van der Waals surface area (Å²) < 4.78 is 19.4. The predicted octanol–water partition coefficient (Wildman–Crippen LogP) is 2.74. The lowest BCUT2D eigenvalue weighted by atomic mass is 9.98. The van der Waals surface area contributed by atoms with E-state index in [0.29, 0.717) is 17.2 Å². The fourth-order valence-electron chi connectivity index (χ4n) is 2.68. The molecule has 1 aromatic rings. The first kappa shape index (κ1) is 14.3. The smallest absolute Gasteiger partial charge is 0.146 e. The second-order valence-corrected chi connectivity index (χ2v) is 5.29. The van der Waals surface area contributed by atoms with Gasteiger partial charge in [-0.25, -0.2) is 4.39 Å². The minimum absolute atomic E-state index is 0.270. The van der Waals surface area contributed by atoms with Gasteiger partial charge in [0.15, 0.2) is 0 Å². The zero-order chi connectivity index (χ0) is 13.8. The molecule has 0 aromatic heterocycles. The summed E-state index contributed by atoms with van der Waals surface area (Å²) in [6.07, 6.45) is 1.37. The van der Waals surface area contributed by atoms with Crippen LogP contribution >= 0.6 is 0 Å². The van der Waals surface area contributed by atoms with Crippen LogP contribution in [-0.4, -0.2) is 31.9 Å². The molecule has 4 heteroatoms. The maximum atomic E-state index is 14.0. The second kappa shape index (κ2) is 6.35. The Morgan fingerprint density at radius 1 is 1.42 bits per heavy atom. The van der Waals surface area contributed by atoms with Gasteiger partial charge in [-0.3, -0.25) is 0 Å². The van der Waals surface area contributed by atoms with Gasteiger partial charge in [-0.15, -0.1) is 0 Å². The van der Waals surface area contributed by atoms with E-state index in [1.807, 2.05) is 11.9 Å². The molecule has 2 rings (SSSR count). The number of hydrogen-bond acceptors (Lipinski definition) is 3. The molecule has 1 heterocycles. The van der Waals surface area contributed by atoms with Crippen LogP contribution in [0, 0.1) is 11.7 Å². The Morgan fingerprint density at radius 2 is 2.11 bits per heavy atom. The van der Waals surface area contributed by atoms with E-state index in [9.17, 15) is 9.50 Å². The van der Waals surface area contributed by atoms with Crippen LogP contribution in [0.15, 0.2) is 18.2 Å². The van der Waals surface area contributed by atoms with E-state index in [4.69, 9.17) is 4.74 Å². The average Bonchev–Trinajstić information content (AvgIpc) is 2.39. The first-order valence-corrected chi connectivity index (χ1v) is 6.85. The Labute approximate surface area is 114 Å². The number of benzene rings is 1. The Morgan fingerprint density at radius 3 is 2.74 bits per heavy atom. The molecule has 0 unspecified atom stereocenters. The summed E-state index contributed by atoms with van der Waals surface area (Å²) in [7, 11) is 1.89. The Hall–Kier alpha value is -1.13. The third-order valence-electron chi connectivity index (χ3n) is 3.72. The number of anilines is 1. The van der Waals surface area contributed by atoms with E-state index >= 15 is 0 Å². The SMILES string of the molecule is C[C@@H](O)c1cccc(F)c1N(C)CC1CCOCC1. The van der Waals surface area contributed by atoms with E-state index < -0.39 is 6.10 Å². The first-order chi connectivity index (χ1) is 9.09. The molecule has 1 aliphatic rings. The molecular weight excluding hydrogens is 245 g/mol. The summed E-state index contributed by atoms with van der Waals surface area (Å²) in [5.74, 6) is 0.258. The summed E-state index contributed by atoms with van der Waals surface area (Å²) in [5.41, 5.74) is 1.17. The van der Waals surface area contributed by atoms with Crippen LogP contribution in [-0.2, 0) is 4.74 Å². The largest absolute Gasteiger partial charge is 0.389 e. The van der Waals surface area contributed by atoms with Crippen molar-refractivity contribution in [1.29, 1.82) is 0 Å². The van der Waals surface area contributed by atoms with Gasteiger partial charge in [-0.05, 0) is 31.7 Å². The molecule has 0 spiro atoms. The van der Waals surface area contributed by atoms with Crippen LogP contribution in [0.3, 0.4) is 0 Å². The van der Waals surface area contributed by atoms with Gasteiger partial charge < -0.3 is 14.7 Å².